The summed E-state index contributed by atoms with van der Waals surface area (Å²) in [5.41, 5.74) is -1.50. The van der Waals surface area contributed by atoms with E-state index < -0.39 is 11.4 Å². The summed E-state index contributed by atoms with van der Waals surface area (Å²) in [6, 6.07) is 0. The summed E-state index contributed by atoms with van der Waals surface area (Å²) in [5.74, 6) is -0.461. The zero-order chi connectivity index (χ0) is 6.78. The Bertz CT molecular complexity index is 108. The molecule has 0 saturated heterocycles. The monoisotopic (exact) mass is 113 g/mol. The highest BCUT2D eigenvalue weighted by molar-refractivity contribution is 5.96. The third kappa shape index (κ3) is 1.89. The van der Waals surface area contributed by atoms with Crippen LogP contribution in [0.1, 0.15) is 6.92 Å². The molecule has 1 unspecified atom stereocenters. The molecule has 0 aliphatic rings. The standard InChI is InChI=1S/C6H9O2/c1-4-5(7)6(2,3)8/h4,8H,1-2H2,3H3. The van der Waals surface area contributed by atoms with Gasteiger partial charge in [-0.3, -0.25) is 4.79 Å². The number of carbonyl (C=O) groups excluding carboxylic acids is 1. The van der Waals surface area contributed by atoms with E-state index in [0.29, 0.717) is 0 Å². The molecule has 0 bridgehead atoms. The second-order valence-corrected chi connectivity index (χ2v) is 1.84. The fraction of sp³-hybridized carbons (Fsp3) is 0.333. The molecular weight excluding hydrogens is 104 g/mol. The number of aliphatic hydroxyl groups is 1. The molecule has 0 rings (SSSR count). The molecule has 0 heterocycles. The predicted octanol–water partition coefficient (Wildman–Crippen LogP) is 0.327. The molecule has 0 aromatic carbocycles. The van der Waals surface area contributed by atoms with E-state index in [1.165, 1.54) is 6.92 Å². The van der Waals surface area contributed by atoms with Crippen LogP contribution in [0.3, 0.4) is 0 Å². The highest BCUT2D eigenvalue weighted by Gasteiger charge is 2.19. The van der Waals surface area contributed by atoms with Crippen LogP contribution in [0.5, 0.6) is 0 Å². The molecular formula is C6H9O2. The van der Waals surface area contributed by atoms with Crippen LogP contribution in [0.25, 0.3) is 0 Å². The first kappa shape index (κ1) is 7.37. The van der Waals surface area contributed by atoms with Crippen LogP contribution in [0, 0.1) is 6.92 Å². The van der Waals surface area contributed by atoms with Crippen molar-refractivity contribution in [3.05, 3.63) is 19.6 Å². The minimum Gasteiger partial charge on any atom is -0.382 e. The number of ketones is 1. The van der Waals surface area contributed by atoms with Crippen LogP contribution in [0.15, 0.2) is 12.7 Å². The van der Waals surface area contributed by atoms with Crippen LogP contribution in [0.4, 0.5) is 0 Å². The number of rotatable bonds is 2. The zero-order valence-corrected chi connectivity index (χ0v) is 4.85. The molecule has 0 aliphatic carbocycles. The molecule has 8 heavy (non-hydrogen) atoms. The summed E-state index contributed by atoms with van der Waals surface area (Å²) in [6.07, 6.45) is 1.05. The summed E-state index contributed by atoms with van der Waals surface area (Å²) in [6.45, 7) is 7.67. The fourth-order valence-electron chi connectivity index (χ4n) is 0.220. The maximum Gasteiger partial charge on any atom is 0.186 e. The molecule has 45 valence electrons. The first-order valence-electron chi connectivity index (χ1n) is 2.23. The predicted molar refractivity (Wildman–Crippen MR) is 31.2 cm³/mol. The molecule has 1 atom stereocenters. The Morgan fingerprint density at radius 3 is 2.25 bits per heavy atom. The first-order valence-corrected chi connectivity index (χ1v) is 2.23. The maximum absolute atomic E-state index is 10.4. The lowest BCUT2D eigenvalue weighted by atomic mass is 10.1. The molecule has 0 amide bonds. The van der Waals surface area contributed by atoms with Gasteiger partial charge in [0.1, 0.15) is 5.60 Å². The van der Waals surface area contributed by atoms with Gasteiger partial charge < -0.3 is 5.11 Å². The number of carbonyl (C=O) groups is 1. The normalized spacial score (nSPS) is 10.9. The van der Waals surface area contributed by atoms with E-state index in [1.807, 2.05) is 0 Å². The molecule has 2 heteroatoms. The van der Waals surface area contributed by atoms with Crippen molar-refractivity contribution < 1.29 is 9.90 Å². The van der Waals surface area contributed by atoms with Crippen molar-refractivity contribution in [1.29, 1.82) is 0 Å². The molecule has 0 fully saturated rings. The average molecular weight is 113 g/mol. The van der Waals surface area contributed by atoms with Crippen molar-refractivity contribution in [1.82, 2.24) is 0 Å². The molecule has 0 saturated carbocycles. The summed E-state index contributed by atoms with van der Waals surface area (Å²) < 4.78 is 0. The van der Waals surface area contributed by atoms with Crippen molar-refractivity contribution >= 4 is 5.78 Å². The van der Waals surface area contributed by atoms with E-state index in [0.717, 1.165) is 6.08 Å². The molecule has 1 radical (unpaired) electrons. The van der Waals surface area contributed by atoms with Gasteiger partial charge in [-0.1, -0.05) is 6.58 Å². The molecule has 0 spiro atoms. The summed E-state index contributed by atoms with van der Waals surface area (Å²) in [7, 11) is 0. The van der Waals surface area contributed by atoms with Gasteiger partial charge in [-0.25, -0.2) is 0 Å². The Morgan fingerprint density at radius 2 is 2.25 bits per heavy atom. The van der Waals surface area contributed by atoms with Gasteiger partial charge in [-0.05, 0) is 19.9 Å². The average Bonchev–Trinajstić information content (AvgIpc) is 1.62. The highest BCUT2D eigenvalue weighted by atomic mass is 16.3. The first-order chi connectivity index (χ1) is 3.48. The van der Waals surface area contributed by atoms with Gasteiger partial charge in [-0.2, -0.15) is 0 Å². The lowest BCUT2D eigenvalue weighted by Crippen LogP contribution is -2.29. The molecule has 0 aromatic heterocycles. The summed E-state index contributed by atoms with van der Waals surface area (Å²) in [5, 5.41) is 8.75. The van der Waals surface area contributed by atoms with Crippen LogP contribution in [0.2, 0.25) is 0 Å². The Kier molecular flexibility index (Phi) is 1.93. The van der Waals surface area contributed by atoms with Gasteiger partial charge in [0, 0.05) is 0 Å². The Morgan fingerprint density at radius 1 is 1.88 bits per heavy atom. The number of hydrogen-bond acceptors (Lipinski definition) is 2. The van der Waals surface area contributed by atoms with E-state index in [4.69, 9.17) is 5.11 Å². The summed E-state index contributed by atoms with van der Waals surface area (Å²) >= 11 is 0. The van der Waals surface area contributed by atoms with Gasteiger partial charge in [0.05, 0.1) is 0 Å². The van der Waals surface area contributed by atoms with Crippen LogP contribution in [-0.2, 0) is 4.79 Å². The van der Waals surface area contributed by atoms with Gasteiger partial charge in [0.25, 0.3) is 0 Å². The largest absolute Gasteiger partial charge is 0.382 e. The Hall–Kier alpha value is -0.630. The molecule has 1 N–H and O–H groups in total. The van der Waals surface area contributed by atoms with Gasteiger partial charge in [0.15, 0.2) is 5.78 Å². The second-order valence-electron chi connectivity index (χ2n) is 1.84. The SMILES string of the molecule is [CH2]C(C)(O)C(=O)C=C. The van der Waals surface area contributed by atoms with Gasteiger partial charge in [-0.15, -0.1) is 0 Å². The fourth-order valence-corrected chi connectivity index (χ4v) is 0.220. The van der Waals surface area contributed by atoms with Crippen LogP contribution >= 0.6 is 0 Å². The third-order valence-electron chi connectivity index (χ3n) is 0.716. The van der Waals surface area contributed by atoms with E-state index in [9.17, 15) is 4.79 Å². The summed E-state index contributed by atoms with van der Waals surface area (Å²) in [4.78, 5) is 10.4. The minimum atomic E-state index is -1.50. The van der Waals surface area contributed by atoms with E-state index in [1.54, 1.807) is 0 Å². The van der Waals surface area contributed by atoms with E-state index in [-0.39, 0.29) is 0 Å². The molecule has 0 aliphatic heterocycles. The molecule has 2 nitrogen and oxygen atoms in total. The second kappa shape index (κ2) is 2.09. The van der Waals surface area contributed by atoms with Crippen molar-refractivity contribution in [2.75, 3.05) is 0 Å². The highest BCUT2D eigenvalue weighted by Crippen LogP contribution is 2.00. The van der Waals surface area contributed by atoms with Crippen LogP contribution in [-0.4, -0.2) is 16.5 Å². The van der Waals surface area contributed by atoms with Crippen molar-refractivity contribution in [3.63, 3.8) is 0 Å². The van der Waals surface area contributed by atoms with E-state index in [2.05, 4.69) is 13.5 Å². The maximum atomic E-state index is 10.4. The van der Waals surface area contributed by atoms with Crippen molar-refractivity contribution in [2.24, 2.45) is 0 Å². The third-order valence-corrected chi connectivity index (χ3v) is 0.716. The van der Waals surface area contributed by atoms with Crippen molar-refractivity contribution in [3.8, 4) is 0 Å². The van der Waals surface area contributed by atoms with Crippen molar-refractivity contribution in [2.45, 2.75) is 12.5 Å². The minimum absolute atomic E-state index is 0.461. The Balaban J connectivity index is 4.02. The Labute approximate surface area is 48.8 Å². The molecule has 0 aromatic rings. The van der Waals surface area contributed by atoms with Gasteiger partial charge in [0.2, 0.25) is 0 Å². The number of hydrogen-bond donors (Lipinski definition) is 1. The van der Waals surface area contributed by atoms with Gasteiger partial charge >= 0.3 is 0 Å². The lowest BCUT2D eigenvalue weighted by molar-refractivity contribution is -0.126. The van der Waals surface area contributed by atoms with Crippen LogP contribution < -0.4 is 0 Å². The van der Waals surface area contributed by atoms with E-state index >= 15 is 0 Å². The quantitative estimate of drug-likeness (QED) is 0.524. The topological polar surface area (TPSA) is 37.3 Å². The zero-order valence-electron chi connectivity index (χ0n) is 4.85. The smallest absolute Gasteiger partial charge is 0.186 e. The lowest BCUT2D eigenvalue weighted by Gasteiger charge is -2.10.